The maximum atomic E-state index is 12.4. The molecule has 1 saturated carbocycles. The van der Waals surface area contributed by atoms with Crippen LogP contribution in [0.3, 0.4) is 0 Å². The summed E-state index contributed by atoms with van der Waals surface area (Å²) in [5.41, 5.74) is 3.27. The molecule has 2 aromatic carbocycles. The van der Waals surface area contributed by atoms with Crippen molar-refractivity contribution in [3.63, 3.8) is 0 Å². The highest BCUT2D eigenvalue weighted by Crippen LogP contribution is 2.40. The number of rotatable bonds is 8. The normalized spacial score (nSPS) is 15.3. The Bertz CT molecular complexity index is 918. The lowest BCUT2D eigenvalue weighted by Gasteiger charge is -2.30. The van der Waals surface area contributed by atoms with E-state index >= 15 is 0 Å². The van der Waals surface area contributed by atoms with Gasteiger partial charge in [0.25, 0.3) is 0 Å². The fourth-order valence-electron chi connectivity index (χ4n) is 4.06. The van der Waals surface area contributed by atoms with Crippen molar-refractivity contribution in [3.05, 3.63) is 78.2 Å². The average molecular weight is 407 g/mol. The number of nitrogens with one attached hydrogen (secondary N) is 1. The van der Waals surface area contributed by atoms with E-state index in [-0.39, 0.29) is 11.3 Å². The summed E-state index contributed by atoms with van der Waals surface area (Å²) in [6, 6.07) is 20.5. The maximum absolute atomic E-state index is 12.4. The monoisotopic (exact) mass is 406 g/mol. The van der Waals surface area contributed by atoms with Crippen molar-refractivity contribution in [1.82, 2.24) is 10.3 Å². The SMILES string of the molecule is O=C(CSCc1coc(-c2ccccc2)n1)NCC1(c2ccccc2)CCCC1. The zero-order valence-electron chi connectivity index (χ0n) is 16.5. The van der Waals surface area contributed by atoms with E-state index in [1.54, 1.807) is 18.0 Å². The van der Waals surface area contributed by atoms with Gasteiger partial charge in [0.1, 0.15) is 6.26 Å². The van der Waals surface area contributed by atoms with Crippen LogP contribution in [0.5, 0.6) is 0 Å². The summed E-state index contributed by atoms with van der Waals surface area (Å²) in [5.74, 6) is 1.80. The molecule has 0 aliphatic heterocycles. The molecule has 5 heteroatoms. The summed E-state index contributed by atoms with van der Waals surface area (Å²) in [5, 5.41) is 3.18. The molecule has 0 radical (unpaired) electrons. The first kappa shape index (κ1) is 19.8. The quantitative estimate of drug-likeness (QED) is 0.558. The number of amides is 1. The van der Waals surface area contributed by atoms with Crippen LogP contribution in [0.25, 0.3) is 11.5 Å². The molecule has 0 spiro atoms. The fraction of sp³-hybridized carbons (Fsp3) is 0.333. The summed E-state index contributed by atoms with van der Waals surface area (Å²) < 4.78 is 5.56. The molecule has 0 atom stereocenters. The summed E-state index contributed by atoms with van der Waals surface area (Å²) >= 11 is 1.57. The van der Waals surface area contributed by atoms with Crippen molar-refractivity contribution >= 4 is 17.7 Å². The summed E-state index contributed by atoms with van der Waals surface area (Å²) in [6.45, 7) is 0.721. The summed E-state index contributed by atoms with van der Waals surface area (Å²) in [4.78, 5) is 16.9. The predicted molar refractivity (Wildman–Crippen MR) is 118 cm³/mol. The Morgan fingerprint density at radius 3 is 2.45 bits per heavy atom. The number of carbonyl (C=O) groups excluding carboxylic acids is 1. The van der Waals surface area contributed by atoms with E-state index in [1.807, 2.05) is 30.3 Å². The van der Waals surface area contributed by atoms with Crippen molar-refractivity contribution in [2.45, 2.75) is 36.9 Å². The lowest BCUT2D eigenvalue weighted by Crippen LogP contribution is -2.39. The van der Waals surface area contributed by atoms with Gasteiger partial charge in [-0.05, 0) is 30.5 Å². The van der Waals surface area contributed by atoms with Crippen LogP contribution in [0.1, 0.15) is 36.9 Å². The van der Waals surface area contributed by atoms with Gasteiger partial charge in [-0.3, -0.25) is 4.79 Å². The Balaban J connectivity index is 1.26. The lowest BCUT2D eigenvalue weighted by atomic mass is 9.79. The number of nitrogens with zero attached hydrogens (tertiary/aromatic N) is 1. The Hall–Kier alpha value is -2.53. The first-order valence-electron chi connectivity index (χ1n) is 10.1. The topological polar surface area (TPSA) is 55.1 Å². The minimum absolute atomic E-state index is 0.0870. The molecule has 1 fully saturated rings. The van der Waals surface area contributed by atoms with Crippen LogP contribution in [0.2, 0.25) is 0 Å². The fourth-order valence-corrected chi connectivity index (χ4v) is 4.80. The van der Waals surface area contributed by atoms with E-state index in [9.17, 15) is 4.79 Å². The molecule has 1 heterocycles. The van der Waals surface area contributed by atoms with E-state index in [2.05, 4.69) is 40.6 Å². The first-order valence-corrected chi connectivity index (χ1v) is 11.3. The molecule has 4 rings (SSSR count). The zero-order valence-corrected chi connectivity index (χ0v) is 17.3. The zero-order chi connectivity index (χ0) is 19.9. The predicted octanol–water partition coefficient (Wildman–Crippen LogP) is 5.20. The highest BCUT2D eigenvalue weighted by atomic mass is 32.2. The number of hydrogen-bond donors (Lipinski definition) is 1. The molecule has 1 aromatic heterocycles. The third-order valence-corrected chi connectivity index (χ3v) is 6.59. The first-order chi connectivity index (χ1) is 14.3. The van der Waals surface area contributed by atoms with Gasteiger partial charge >= 0.3 is 0 Å². The van der Waals surface area contributed by atoms with Gasteiger partial charge in [-0.15, -0.1) is 11.8 Å². The number of carbonyl (C=O) groups is 1. The maximum Gasteiger partial charge on any atom is 0.230 e. The number of aromatic nitrogens is 1. The number of oxazole rings is 1. The van der Waals surface area contributed by atoms with Gasteiger partial charge in [-0.25, -0.2) is 4.98 Å². The highest BCUT2D eigenvalue weighted by Gasteiger charge is 2.35. The molecule has 3 aromatic rings. The van der Waals surface area contributed by atoms with Gasteiger partial charge in [-0.1, -0.05) is 61.4 Å². The number of thioether (sulfide) groups is 1. The average Bonchev–Trinajstić information content (AvgIpc) is 3.44. The van der Waals surface area contributed by atoms with Gasteiger partial charge in [0.2, 0.25) is 11.8 Å². The van der Waals surface area contributed by atoms with E-state index in [0.717, 1.165) is 30.6 Å². The van der Waals surface area contributed by atoms with Crippen LogP contribution in [0.15, 0.2) is 71.3 Å². The number of benzene rings is 2. The second-order valence-corrected chi connectivity index (χ2v) is 8.62. The molecule has 1 aliphatic carbocycles. The van der Waals surface area contributed by atoms with Crippen molar-refractivity contribution in [1.29, 1.82) is 0 Å². The minimum Gasteiger partial charge on any atom is -0.444 e. The molecule has 29 heavy (non-hydrogen) atoms. The van der Waals surface area contributed by atoms with Crippen LogP contribution in [-0.4, -0.2) is 23.2 Å². The van der Waals surface area contributed by atoms with E-state index < -0.39 is 0 Å². The second kappa shape index (κ2) is 9.31. The van der Waals surface area contributed by atoms with Gasteiger partial charge in [0.15, 0.2) is 0 Å². The molecular weight excluding hydrogens is 380 g/mol. The van der Waals surface area contributed by atoms with Crippen LogP contribution in [0.4, 0.5) is 0 Å². The van der Waals surface area contributed by atoms with Gasteiger partial charge in [0, 0.05) is 23.3 Å². The molecule has 1 N–H and O–H groups in total. The second-order valence-electron chi connectivity index (χ2n) is 7.63. The largest absolute Gasteiger partial charge is 0.444 e. The molecule has 0 bridgehead atoms. The van der Waals surface area contributed by atoms with Crippen molar-refractivity contribution in [2.75, 3.05) is 12.3 Å². The smallest absolute Gasteiger partial charge is 0.230 e. The molecule has 0 saturated heterocycles. The van der Waals surface area contributed by atoms with Crippen LogP contribution < -0.4 is 5.32 Å². The standard InChI is InChI=1S/C24H26N2O2S/c27-22(25-18-24(13-7-8-14-24)20-11-5-2-6-12-20)17-29-16-21-15-28-23(26-21)19-9-3-1-4-10-19/h1-6,9-12,15H,7-8,13-14,16-18H2,(H,25,27). The van der Waals surface area contributed by atoms with Gasteiger partial charge in [0.05, 0.1) is 11.4 Å². The Morgan fingerprint density at radius 2 is 1.72 bits per heavy atom. The Labute approximate surface area is 176 Å². The third-order valence-electron chi connectivity index (χ3n) is 5.63. The molecule has 0 unspecified atom stereocenters. The van der Waals surface area contributed by atoms with Crippen molar-refractivity contribution in [3.8, 4) is 11.5 Å². The van der Waals surface area contributed by atoms with Crippen LogP contribution in [0, 0.1) is 0 Å². The van der Waals surface area contributed by atoms with E-state index in [4.69, 9.17) is 4.42 Å². The summed E-state index contributed by atoms with van der Waals surface area (Å²) in [6.07, 6.45) is 6.43. The molecule has 150 valence electrons. The Morgan fingerprint density at radius 1 is 1.03 bits per heavy atom. The van der Waals surface area contributed by atoms with Gasteiger partial charge in [-0.2, -0.15) is 0 Å². The van der Waals surface area contributed by atoms with Crippen LogP contribution in [-0.2, 0) is 16.0 Å². The number of hydrogen-bond acceptors (Lipinski definition) is 4. The molecular formula is C24H26N2O2S. The minimum atomic E-state index is 0.0870. The highest BCUT2D eigenvalue weighted by molar-refractivity contribution is 7.99. The summed E-state index contributed by atoms with van der Waals surface area (Å²) in [7, 11) is 0. The van der Waals surface area contributed by atoms with Crippen molar-refractivity contribution in [2.24, 2.45) is 0 Å². The van der Waals surface area contributed by atoms with Gasteiger partial charge < -0.3 is 9.73 Å². The molecule has 1 aliphatic rings. The van der Waals surface area contributed by atoms with Crippen molar-refractivity contribution < 1.29 is 9.21 Å². The van der Waals surface area contributed by atoms with Crippen LogP contribution >= 0.6 is 11.8 Å². The third kappa shape index (κ3) is 4.91. The molecule has 1 amide bonds. The Kier molecular flexibility index (Phi) is 6.35. The lowest BCUT2D eigenvalue weighted by molar-refractivity contribution is -0.118. The van der Waals surface area contributed by atoms with E-state index in [1.165, 1.54) is 18.4 Å². The molecule has 4 nitrogen and oxygen atoms in total. The van der Waals surface area contributed by atoms with E-state index in [0.29, 0.717) is 17.4 Å².